The molecule has 0 bridgehead atoms. The smallest absolute Gasteiger partial charge is 0.319 e. The number of hydrogen-bond acceptors (Lipinski definition) is 2. The zero-order chi connectivity index (χ0) is 17.4. The van der Waals surface area contributed by atoms with Crippen molar-refractivity contribution < 1.29 is 13.9 Å². The van der Waals surface area contributed by atoms with E-state index in [1.807, 2.05) is 12.1 Å². The topological polar surface area (TPSA) is 50.4 Å². The number of unbranched alkanes of at least 4 members (excludes halogenated alkanes) is 1. The Balaban J connectivity index is 1.81. The molecule has 0 saturated heterocycles. The van der Waals surface area contributed by atoms with Gasteiger partial charge in [0.1, 0.15) is 11.6 Å². The Hall–Kier alpha value is -2.27. The Labute approximate surface area is 146 Å². The van der Waals surface area contributed by atoms with E-state index in [2.05, 4.69) is 17.6 Å². The van der Waals surface area contributed by atoms with E-state index in [1.165, 1.54) is 12.1 Å². The van der Waals surface area contributed by atoms with Gasteiger partial charge in [-0.05, 0) is 48.4 Å². The summed E-state index contributed by atoms with van der Waals surface area (Å²) in [4.78, 5) is 11.9. The molecule has 0 heterocycles. The van der Waals surface area contributed by atoms with E-state index in [1.54, 1.807) is 18.2 Å². The summed E-state index contributed by atoms with van der Waals surface area (Å²) >= 11 is 5.92. The summed E-state index contributed by atoms with van der Waals surface area (Å²) in [6.07, 6.45) is 2.09. The average Bonchev–Trinajstić information content (AvgIpc) is 2.56. The van der Waals surface area contributed by atoms with Crippen LogP contribution in [-0.2, 0) is 6.54 Å². The van der Waals surface area contributed by atoms with Crippen LogP contribution in [-0.4, -0.2) is 12.6 Å². The Kier molecular flexibility index (Phi) is 6.88. The predicted molar refractivity (Wildman–Crippen MR) is 94.1 cm³/mol. The van der Waals surface area contributed by atoms with Crippen LogP contribution in [0.3, 0.4) is 0 Å². The van der Waals surface area contributed by atoms with Gasteiger partial charge < -0.3 is 15.4 Å². The fourth-order valence-electron chi connectivity index (χ4n) is 1.98. The third-order valence-electron chi connectivity index (χ3n) is 3.33. The molecule has 2 amide bonds. The number of hydrogen-bond donors (Lipinski definition) is 2. The summed E-state index contributed by atoms with van der Waals surface area (Å²) < 4.78 is 18.5. The first-order chi connectivity index (χ1) is 11.6. The molecule has 0 aliphatic carbocycles. The molecule has 0 saturated carbocycles. The van der Waals surface area contributed by atoms with Crippen molar-refractivity contribution in [1.82, 2.24) is 5.32 Å². The minimum absolute atomic E-state index is 0.211. The lowest BCUT2D eigenvalue weighted by molar-refractivity contribution is 0.251. The Morgan fingerprint density at radius 3 is 2.62 bits per heavy atom. The molecule has 0 atom stereocenters. The van der Waals surface area contributed by atoms with Gasteiger partial charge in [0.15, 0.2) is 0 Å². The van der Waals surface area contributed by atoms with E-state index in [-0.39, 0.29) is 17.6 Å². The fourth-order valence-corrected chi connectivity index (χ4v) is 2.22. The highest BCUT2D eigenvalue weighted by molar-refractivity contribution is 6.31. The third-order valence-corrected chi connectivity index (χ3v) is 3.69. The summed E-state index contributed by atoms with van der Waals surface area (Å²) in [6, 6.07) is 10.9. The highest BCUT2D eigenvalue weighted by Gasteiger charge is 2.05. The summed E-state index contributed by atoms with van der Waals surface area (Å²) in [5.41, 5.74) is 1.30. The lowest BCUT2D eigenvalue weighted by Gasteiger charge is -2.10. The minimum Gasteiger partial charge on any atom is -0.494 e. The first-order valence-electron chi connectivity index (χ1n) is 7.80. The number of carbonyl (C=O) groups excluding carboxylic acids is 1. The van der Waals surface area contributed by atoms with Crippen LogP contribution in [0.1, 0.15) is 25.3 Å². The number of halogens is 2. The van der Waals surface area contributed by atoms with Gasteiger partial charge in [-0.3, -0.25) is 0 Å². The largest absolute Gasteiger partial charge is 0.494 e. The highest BCUT2D eigenvalue weighted by atomic mass is 35.5. The van der Waals surface area contributed by atoms with E-state index in [0.29, 0.717) is 17.9 Å². The van der Waals surface area contributed by atoms with Crippen LogP contribution in [0.25, 0.3) is 0 Å². The third kappa shape index (κ3) is 5.74. The highest BCUT2D eigenvalue weighted by Crippen LogP contribution is 2.18. The maximum absolute atomic E-state index is 13.0. The predicted octanol–water partition coefficient (Wildman–Crippen LogP) is 4.98. The summed E-state index contributed by atoms with van der Waals surface area (Å²) in [5, 5.41) is 5.67. The second kappa shape index (κ2) is 9.13. The number of ether oxygens (including phenoxy) is 1. The Morgan fingerprint density at radius 1 is 1.21 bits per heavy atom. The zero-order valence-electron chi connectivity index (χ0n) is 13.4. The fraction of sp³-hybridized carbons (Fsp3) is 0.278. The van der Waals surface area contributed by atoms with Gasteiger partial charge in [0, 0.05) is 17.3 Å². The number of urea groups is 1. The lowest BCUT2D eigenvalue weighted by Crippen LogP contribution is -2.28. The molecule has 24 heavy (non-hydrogen) atoms. The molecule has 2 aromatic rings. The second-order valence-electron chi connectivity index (χ2n) is 5.27. The normalized spacial score (nSPS) is 10.3. The summed E-state index contributed by atoms with van der Waals surface area (Å²) in [6.45, 7) is 3.00. The SMILES string of the molecule is CCCCOc1ccc(NC(=O)NCc2ccc(F)cc2Cl)cc1. The first-order valence-corrected chi connectivity index (χ1v) is 8.18. The molecular weight excluding hydrogens is 331 g/mol. The maximum Gasteiger partial charge on any atom is 0.319 e. The molecule has 0 spiro atoms. The van der Waals surface area contributed by atoms with Crippen molar-refractivity contribution in [3.05, 3.63) is 58.9 Å². The second-order valence-corrected chi connectivity index (χ2v) is 5.68. The van der Waals surface area contributed by atoms with Gasteiger partial charge in [-0.25, -0.2) is 9.18 Å². The maximum atomic E-state index is 13.0. The molecule has 0 aliphatic rings. The van der Waals surface area contributed by atoms with E-state index in [9.17, 15) is 9.18 Å². The van der Waals surface area contributed by atoms with Gasteiger partial charge in [0.25, 0.3) is 0 Å². The molecule has 0 fully saturated rings. The molecule has 0 aliphatic heterocycles. The molecule has 0 radical (unpaired) electrons. The van der Waals surface area contributed by atoms with Crippen molar-refractivity contribution in [2.24, 2.45) is 0 Å². The average molecular weight is 351 g/mol. The van der Waals surface area contributed by atoms with Crippen molar-refractivity contribution in [2.45, 2.75) is 26.3 Å². The standard InChI is InChI=1S/C18H20ClFN2O2/c1-2-3-10-24-16-8-6-15(7-9-16)22-18(23)21-12-13-4-5-14(20)11-17(13)19/h4-9,11H,2-3,10,12H2,1H3,(H2,21,22,23). The van der Waals surface area contributed by atoms with Crippen LogP contribution in [0, 0.1) is 5.82 Å². The van der Waals surface area contributed by atoms with Gasteiger partial charge in [-0.15, -0.1) is 0 Å². The van der Waals surface area contributed by atoms with Crippen LogP contribution in [0.2, 0.25) is 5.02 Å². The molecule has 0 aromatic heterocycles. The van der Waals surface area contributed by atoms with Crippen molar-refractivity contribution in [3.63, 3.8) is 0 Å². The van der Waals surface area contributed by atoms with Crippen LogP contribution < -0.4 is 15.4 Å². The molecular formula is C18H20ClFN2O2. The van der Waals surface area contributed by atoms with E-state index in [4.69, 9.17) is 16.3 Å². The van der Waals surface area contributed by atoms with Gasteiger partial charge in [-0.1, -0.05) is 31.0 Å². The van der Waals surface area contributed by atoms with Crippen molar-refractivity contribution in [2.75, 3.05) is 11.9 Å². The Morgan fingerprint density at radius 2 is 1.96 bits per heavy atom. The number of carbonyl (C=O) groups is 1. The van der Waals surface area contributed by atoms with Crippen LogP contribution >= 0.6 is 11.6 Å². The van der Waals surface area contributed by atoms with Crippen molar-refractivity contribution in [3.8, 4) is 5.75 Å². The monoisotopic (exact) mass is 350 g/mol. The number of amides is 2. The zero-order valence-corrected chi connectivity index (χ0v) is 14.2. The minimum atomic E-state index is -0.408. The molecule has 2 aromatic carbocycles. The molecule has 2 N–H and O–H groups in total. The van der Waals surface area contributed by atoms with Gasteiger partial charge in [0.05, 0.1) is 6.61 Å². The van der Waals surface area contributed by atoms with Gasteiger partial charge in [-0.2, -0.15) is 0 Å². The van der Waals surface area contributed by atoms with Crippen LogP contribution in [0.4, 0.5) is 14.9 Å². The summed E-state index contributed by atoms with van der Waals surface area (Å²) in [7, 11) is 0. The summed E-state index contributed by atoms with van der Waals surface area (Å²) in [5.74, 6) is 0.363. The van der Waals surface area contributed by atoms with E-state index in [0.717, 1.165) is 18.6 Å². The van der Waals surface area contributed by atoms with Gasteiger partial charge in [0.2, 0.25) is 0 Å². The molecule has 0 unspecified atom stereocenters. The first kappa shape index (κ1) is 18.1. The van der Waals surface area contributed by atoms with E-state index >= 15 is 0 Å². The quantitative estimate of drug-likeness (QED) is 0.692. The van der Waals surface area contributed by atoms with Crippen molar-refractivity contribution >= 4 is 23.3 Å². The lowest BCUT2D eigenvalue weighted by atomic mass is 10.2. The molecule has 4 nitrogen and oxygen atoms in total. The molecule has 2 rings (SSSR count). The molecule has 6 heteroatoms. The number of nitrogens with one attached hydrogen (secondary N) is 2. The number of rotatable bonds is 7. The number of anilines is 1. The van der Waals surface area contributed by atoms with Crippen LogP contribution in [0.5, 0.6) is 5.75 Å². The van der Waals surface area contributed by atoms with E-state index < -0.39 is 5.82 Å². The molecule has 128 valence electrons. The van der Waals surface area contributed by atoms with Gasteiger partial charge >= 0.3 is 6.03 Å². The number of benzene rings is 2. The van der Waals surface area contributed by atoms with Crippen molar-refractivity contribution in [1.29, 1.82) is 0 Å². The van der Waals surface area contributed by atoms with Crippen LogP contribution in [0.15, 0.2) is 42.5 Å². The Bertz CT molecular complexity index is 677.